The highest BCUT2D eigenvalue weighted by Gasteiger charge is 2.34. The molecule has 4 rings (SSSR count). The molecule has 0 aliphatic carbocycles. The number of H-pyrrole nitrogens is 1. The van der Waals surface area contributed by atoms with Gasteiger partial charge in [-0.15, -0.1) is 0 Å². The zero-order chi connectivity index (χ0) is 22.3. The topological polar surface area (TPSA) is 72.5 Å². The standard InChI is InChI=1S/C23H32ClN5O2/c1-5-27-8-9-28(15(3)13-27)21-12-19-18(11-17(21)24)25-22(26-19)23(31)29-7-6-14(2)10-20(29)16(4)30/h11-12,14-15,20H,5-10,13H2,1-4H3,(H,25,26). The summed E-state index contributed by atoms with van der Waals surface area (Å²) >= 11 is 6.65. The second-order valence-electron chi connectivity index (χ2n) is 9.10. The molecule has 3 unspecified atom stereocenters. The van der Waals surface area contributed by atoms with E-state index in [1.807, 2.05) is 12.1 Å². The summed E-state index contributed by atoms with van der Waals surface area (Å²) in [6.07, 6.45) is 1.60. The van der Waals surface area contributed by atoms with Gasteiger partial charge in [0.25, 0.3) is 5.91 Å². The number of hydrogen-bond donors (Lipinski definition) is 1. The number of fused-ring (bicyclic) bond motifs is 1. The molecule has 2 saturated heterocycles. The number of nitrogens with zero attached hydrogens (tertiary/aromatic N) is 4. The molecule has 1 aromatic carbocycles. The van der Waals surface area contributed by atoms with Crippen molar-refractivity contribution in [2.24, 2.45) is 5.92 Å². The second-order valence-corrected chi connectivity index (χ2v) is 9.50. The van der Waals surface area contributed by atoms with Crippen LogP contribution < -0.4 is 4.90 Å². The molecule has 8 heteroatoms. The van der Waals surface area contributed by atoms with E-state index in [-0.39, 0.29) is 23.6 Å². The zero-order valence-electron chi connectivity index (χ0n) is 18.8. The first-order chi connectivity index (χ1) is 14.8. The third-order valence-electron chi connectivity index (χ3n) is 6.82. The number of ketones is 1. The number of imidazole rings is 1. The molecular weight excluding hydrogens is 414 g/mol. The first-order valence-corrected chi connectivity index (χ1v) is 11.7. The quantitative estimate of drug-likeness (QED) is 0.778. The number of aromatic amines is 1. The van der Waals surface area contributed by atoms with Gasteiger partial charge in [0, 0.05) is 32.2 Å². The van der Waals surface area contributed by atoms with Gasteiger partial charge in [0.2, 0.25) is 0 Å². The predicted molar refractivity (Wildman–Crippen MR) is 124 cm³/mol. The van der Waals surface area contributed by atoms with Gasteiger partial charge in [-0.25, -0.2) is 4.98 Å². The molecule has 168 valence electrons. The summed E-state index contributed by atoms with van der Waals surface area (Å²) < 4.78 is 0. The van der Waals surface area contributed by atoms with Crippen LogP contribution >= 0.6 is 11.6 Å². The summed E-state index contributed by atoms with van der Waals surface area (Å²) in [5.74, 6) is 0.519. The van der Waals surface area contributed by atoms with E-state index in [1.54, 1.807) is 11.8 Å². The Morgan fingerprint density at radius 2 is 2.00 bits per heavy atom. The minimum absolute atomic E-state index is 0.0292. The number of benzene rings is 1. The van der Waals surface area contributed by atoms with Crippen LogP contribution in [0.3, 0.4) is 0 Å². The molecular formula is C23H32ClN5O2. The summed E-state index contributed by atoms with van der Waals surface area (Å²) in [5, 5.41) is 0.653. The van der Waals surface area contributed by atoms with E-state index in [4.69, 9.17) is 11.6 Å². The van der Waals surface area contributed by atoms with E-state index in [0.29, 0.717) is 29.9 Å². The number of aromatic nitrogens is 2. The van der Waals surface area contributed by atoms with Gasteiger partial charge in [-0.1, -0.05) is 25.4 Å². The van der Waals surface area contributed by atoms with Crippen molar-refractivity contribution < 1.29 is 9.59 Å². The van der Waals surface area contributed by atoms with Crippen molar-refractivity contribution in [1.82, 2.24) is 19.8 Å². The van der Waals surface area contributed by atoms with Crippen molar-refractivity contribution >= 4 is 40.0 Å². The largest absolute Gasteiger partial charge is 0.365 e. The number of likely N-dealkylation sites (N-methyl/N-ethyl adjacent to an activating group) is 1. The molecule has 0 spiro atoms. The lowest BCUT2D eigenvalue weighted by Crippen LogP contribution is -2.51. The Hall–Kier alpha value is -2.12. The molecule has 0 bridgehead atoms. The van der Waals surface area contributed by atoms with Crippen LogP contribution in [0.5, 0.6) is 0 Å². The number of carbonyl (C=O) groups excluding carboxylic acids is 2. The normalized spacial score (nSPS) is 25.3. The van der Waals surface area contributed by atoms with Crippen LogP contribution in [0.15, 0.2) is 12.1 Å². The minimum Gasteiger partial charge on any atom is -0.365 e. The molecule has 0 saturated carbocycles. The lowest BCUT2D eigenvalue weighted by molar-refractivity contribution is -0.122. The van der Waals surface area contributed by atoms with Gasteiger partial charge in [-0.2, -0.15) is 0 Å². The Balaban J connectivity index is 1.61. The van der Waals surface area contributed by atoms with Crippen molar-refractivity contribution in [3.63, 3.8) is 0 Å². The van der Waals surface area contributed by atoms with E-state index < -0.39 is 0 Å². The molecule has 1 aromatic heterocycles. The van der Waals surface area contributed by atoms with Crippen molar-refractivity contribution in [2.45, 2.75) is 52.6 Å². The number of carbonyl (C=O) groups is 2. The number of likely N-dealkylation sites (tertiary alicyclic amines) is 1. The van der Waals surface area contributed by atoms with Crippen molar-refractivity contribution in [3.05, 3.63) is 23.0 Å². The SMILES string of the molecule is CCN1CCN(c2cc3nc(C(=O)N4CCC(C)CC4C(C)=O)[nH]c3cc2Cl)C(C)C1. The number of anilines is 1. The lowest BCUT2D eigenvalue weighted by atomic mass is 9.90. The fourth-order valence-electron chi connectivity index (χ4n) is 4.92. The number of nitrogens with one attached hydrogen (secondary N) is 1. The molecule has 2 fully saturated rings. The van der Waals surface area contributed by atoms with Gasteiger partial charge < -0.3 is 14.8 Å². The minimum atomic E-state index is -0.376. The maximum absolute atomic E-state index is 13.2. The van der Waals surface area contributed by atoms with E-state index in [9.17, 15) is 9.59 Å². The average Bonchev–Trinajstić information content (AvgIpc) is 3.15. The van der Waals surface area contributed by atoms with Crippen LogP contribution in [0.1, 0.15) is 51.2 Å². The first kappa shape index (κ1) is 22.1. The molecule has 3 heterocycles. The summed E-state index contributed by atoms with van der Waals surface area (Å²) in [7, 11) is 0. The number of Topliss-reactive ketones (excluding diaryl/α,β-unsaturated/α-hetero) is 1. The summed E-state index contributed by atoms with van der Waals surface area (Å²) in [6.45, 7) is 12.6. The van der Waals surface area contributed by atoms with E-state index in [0.717, 1.165) is 49.3 Å². The van der Waals surface area contributed by atoms with Crippen LogP contribution in [-0.2, 0) is 4.79 Å². The number of halogens is 1. The molecule has 0 radical (unpaired) electrons. The Morgan fingerprint density at radius 3 is 2.68 bits per heavy atom. The third-order valence-corrected chi connectivity index (χ3v) is 7.12. The summed E-state index contributed by atoms with van der Waals surface area (Å²) in [6, 6.07) is 3.80. The molecule has 2 aliphatic heterocycles. The van der Waals surface area contributed by atoms with Crippen molar-refractivity contribution in [3.8, 4) is 0 Å². The van der Waals surface area contributed by atoms with Crippen LogP contribution in [0.25, 0.3) is 11.0 Å². The maximum atomic E-state index is 13.2. The Bertz CT molecular complexity index is 990. The van der Waals surface area contributed by atoms with Gasteiger partial charge in [0.1, 0.15) is 0 Å². The Kier molecular flexibility index (Phi) is 6.26. The molecule has 7 nitrogen and oxygen atoms in total. The van der Waals surface area contributed by atoms with E-state index >= 15 is 0 Å². The van der Waals surface area contributed by atoms with Gasteiger partial charge in [0.15, 0.2) is 11.6 Å². The Morgan fingerprint density at radius 1 is 1.23 bits per heavy atom. The predicted octanol–water partition coefficient (Wildman–Crippen LogP) is 3.58. The number of piperazine rings is 1. The van der Waals surface area contributed by atoms with Gasteiger partial charge in [-0.05, 0) is 51.3 Å². The fraction of sp³-hybridized carbons (Fsp3) is 0.609. The van der Waals surface area contributed by atoms with Gasteiger partial charge in [0.05, 0.1) is 27.8 Å². The fourth-order valence-corrected chi connectivity index (χ4v) is 5.20. The first-order valence-electron chi connectivity index (χ1n) is 11.3. The van der Waals surface area contributed by atoms with Crippen LogP contribution in [0.2, 0.25) is 5.02 Å². The molecule has 1 N–H and O–H groups in total. The highest BCUT2D eigenvalue weighted by molar-refractivity contribution is 6.34. The number of piperidine rings is 1. The molecule has 1 amide bonds. The molecule has 2 aliphatic rings. The maximum Gasteiger partial charge on any atom is 0.290 e. The van der Waals surface area contributed by atoms with Crippen LogP contribution in [-0.4, -0.2) is 76.3 Å². The van der Waals surface area contributed by atoms with Crippen LogP contribution in [0, 0.1) is 5.92 Å². The summed E-state index contributed by atoms with van der Waals surface area (Å²) in [4.78, 5) is 39.5. The van der Waals surface area contributed by atoms with Crippen LogP contribution in [0.4, 0.5) is 5.69 Å². The van der Waals surface area contributed by atoms with Crippen molar-refractivity contribution in [1.29, 1.82) is 0 Å². The molecule has 2 aromatic rings. The van der Waals surface area contributed by atoms with Gasteiger partial charge in [-0.3, -0.25) is 14.5 Å². The smallest absolute Gasteiger partial charge is 0.290 e. The third kappa shape index (κ3) is 4.30. The highest BCUT2D eigenvalue weighted by Crippen LogP contribution is 2.33. The lowest BCUT2D eigenvalue weighted by Gasteiger charge is -2.41. The van der Waals surface area contributed by atoms with E-state index in [2.05, 4.69) is 40.5 Å². The average molecular weight is 446 g/mol. The number of hydrogen-bond acceptors (Lipinski definition) is 5. The molecule has 31 heavy (non-hydrogen) atoms. The number of rotatable bonds is 4. The number of amides is 1. The van der Waals surface area contributed by atoms with Gasteiger partial charge >= 0.3 is 0 Å². The second kappa shape index (κ2) is 8.79. The highest BCUT2D eigenvalue weighted by atomic mass is 35.5. The zero-order valence-corrected chi connectivity index (χ0v) is 19.6. The van der Waals surface area contributed by atoms with Crippen molar-refractivity contribution in [2.75, 3.05) is 37.6 Å². The molecule has 3 atom stereocenters. The Labute approximate surface area is 188 Å². The van der Waals surface area contributed by atoms with E-state index in [1.165, 1.54) is 0 Å². The monoisotopic (exact) mass is 445 g/mol. The summed E-state index contributed by atoms with van der Waals surface area (Å²) in [5.41, 5.74) is 2.41.